The summed E-state index contributed by atoms with van der Waals surface area (Å²) in [5, 5.41) is 2.44. The van der Waals surface area contributed by atoms with Crippen LogP contribution in [0.3, 0.4) is 0 Å². The summed E-state index contributed by atoms with van der Waals surface area (Å²) in [6.07, 6.45) is 6.30. The predicted molar refractivity (Wildman–Crippen MR) is 111 cm³/mol. The zero-order chi connectivity index (χ0) is 18.1. The molecule has 0 saturated heterocycles. The summed E-state index contributed by atoms with van der Waals surface area (Å²) >= 11 is 0. The van der Waals surface area contributed by atoms with Crippen LogP contribution in [0.4, 0.5) is 0 Å². The molecule has 0 saturated carbocycles. The summed E-state index contributed by atoms with van der Waals surface area (Å²) in [6.45, 7) is 16.4. The summed E-state index contributed by atoms with van der Waals surface area (Å²) < 4.78 is 0. The maximum atomic E-state index is 13.1. The van der Waals surface area contributed by atoms with Crippen LogP contribution in [-0.4, -0.2) is 21.3 Å². The molecule has 0 amide bonds. The minimum absolute atomic E-state index is 0.250. The molecule has 2 atom stereocenters. The standard InChI is InChI=1S/C21H30OP2/c1-16(24(20(2,3)4)21(5,6)7)18-14-11-15-19(18)23(22)17-12-9-8-10-13-17/h8-16H,1-7H3/t16-/m0/s1. The Morgan fingerprint density at radius 1 is 0.958 bits per heavy atom. The average Bonchev–Trinajstić information content (AvgIpc) is 2.93. The van der Waals surface area contributed by atoms with Crippen LogP contribution < -0.4 is 10.2 Å². The van der Waals surface area contributed by atoms with Crippen molar-refractivity contribution in [3.8, 4) is 0 Å². The molecule has 1 aliphatic rings. The van der Waals surface area contributed by atoms with Gasteiger partial charge < -0.3 is 4.89 Å². The molecule has 0 fully saturated rings. The molecule has 1 unspecified atom stereocenters. The highest BCUT2D eigenvalue weighted by atomic mass is 31.1. The molecule has 0 heterocycles. The van der Waals surface area contributed by atoms with Crippen LogP contribution in [0, 0.1) is 0 Å². The first kappa shape index (κ1) is 19.6. The van der Waals surface area contributed by atoms with E-state index in [-0.39, 0.29) is 18.2 Å². The van der Waals surface area contributed by atoms with Crippen LogP contribution >= 0.6 is 15.7 Å². The molecule has 1 nitrogen and oxygen atoms in total. The summed E-state index contributed by atoms with van der Waals surface area (Å²) in [4.78, 5) is 13.1. The molecule has 1 aromatic rings. The fourth-order valence-corrected chi connectivity index (χ4v) is 10.4. The Balaban J connectivity index is 2.44. The van der Waals surface area contributed by atoms with Crippen molar-refractivity contribution in [3.05, 3.63) is 54.1 Å². The number of rotatable bonds is 3. The Bertz CT molecular complexity index is 656. The lowest BCUT2D eigenvalue weighted by Crippen LogP contribution is -2.32. The van der Waals surface area contributed by atoms with Crippen LogP contribution in [-0.2, 0) is 0 Å². The first-order valence-electron chi connectivity index (χ1n) is 8.61. The maximum absolute atomic E-state index is 13.1. The number of benzene rings is 1. The van der Waals surface area contributed by atoms with Gasteiger partial charge in [-0.3, -0.25) is 0 Å². The highest BCUT2D eigenvalue weighted by molar-refractivity contribution is 7.63. The van der Waals surface area contributed by atoms with Crippen molar-refractivity contribution >= 4 is 26.3 Å². The van der Waals surface area contributed by atoms with Crippen LogP contribution in [0.15, 0.2) is 54.1 Å². The third-order valence-corrected chi connectivity index (χ3v) is 9.87. The first-order valence-corrected chi connectivity index (χ1v) is 11.3. The molecule has 0 bridgehead atoms. The molecule has 3 heteroatoms. The molecule has 2 rings (SSSR count). The van der Waals surface area contributed by atoms with Crippen molar-refractivity contribution in [1.82, 2.24) is 0 Å². The van der Waals surface area contributed by atoms with E-state index in [0.29, 0.717) is 5.66 Å². The monoisotopic (exact) mass is 360 g/mol. The Labute approximate surface area is 150 Å². The van der Waals surface area contributed by atoms with Crippen molar-refractivity contribution in [2.24, 2.45) is 0 Å². The second kappa shape index (κ2) is 7.25. The van der Waals surface area contributed by atoms with Crippen LogP contribution in [0.5, 0.6) is 0 Å². The van der Waals surface area contributed by atoms with Crippen molar-refractivity contribution in [1.29, 1.82) is 0 Å². The third-order valence-electron chi connectivity index (χ3n) is 4.32. The number of hydrogen-bond acceptors (Lipinski definition) is 1. The van der Waals surface area contributed by atoms with Crippen molar-refractivity contribution < 1.29 is 4.89 Å². The van der Waals surface area contributed by atoms with Gasteiger partial charge >= 0.3 is 0 Å². The van der Waals surface area contributed by atoms with Gasteiger partial charge in [-0.25, -0.2) is 0 Å². The number of hydrogen-bond donors (Lipinski definition) is 0. The molecule has 0 aromatic heterocycles. The van der Waals surface area contributed by atoms with Gasteiger partial charge in [0, 0.05) is 11.2 Å². The van der Waals surface area contributed by atoms with Gasteiger partial charge in [-0.2, -0.15) is 0 Å². The fraction of sp³-hybridized carbons (Fsp3) is 0.476. The topological polar surface area (TPSA) is 23.1 Å². The van der Waals surface area contributed by atoms with E-state index in [2.05, 4.69) is 66.7 Å². The molecule has 1 aromatic carbocycles. The molecule has 0 radical (unpaired) electrons. The minimum Gasteiger partial charge on any atom is -0.625 e. The minimum atomic E-state index is -1.52. The van der Waals surface area contributed by atoms with Gasteiger partial charge in [0.2, 0.25) is 0 Å². The molecular formula is C21H30OP2. The first-order chi connectivity index (χ1) is 11.0. The molecule has 1 aliphatic carbocycles. The van der Waals surface area contributed by atoms with E-state index in [9.17, 15) is 4.89 Å². The Kier molecular flexibility index (Phi) is 5.91. The fourth-order valence-electron chi connectivity index (χ4n) is 3.97. The quantitative estimate of drug-likeness (QED) is 0.679. The van der Waals surface area contributed by atoms with Gasteiger partial charge in [0.05, 0.1) is 7.77 Å². The molecule has 130 valence electrons. The summed E-state index contributed by atoms with van der Waals surface area (Å²) in [6, 6.07) is 9.84. The normalized spacial score (nSPS) is 18.8. The number of allylic oxidation sites excluding steroid dienone is 4. The van der Waals surface area contributed by atoms with Gasteiger partial charge in [0.1, 0.15) is 10.6 Å². The zero-order valence-electron chi connectivity index (χ0n) is 16.0. The molecule has 0 aliphatic heterocycles. The lowest BCUT2D eigenvalue weighted by Gasteiger charge is -2.45. The van der Waals surface area contributed by atoms with Gasteiger partial charge in [0.15, 0.2) is 0 Å². The van der Waals surface area contributed by atoms with E-state index in [1.807, 2.05) is 30.3 Å². The molecule has 0 spiro atoms. The van der Waals surface area contributed by atoms with E-state index in [1.54, 1.807) is 0 Å². The van der Waals surface area contributed by atoms with E-state index < -0.39 is 7.77 Å². The van der Waals surface area contributed by atoms with Crippen molar-refractivity contribution in [2.45, 2.75) is 64.4 Å². The Morgan fingerprint density at radius 2 is 1.50 bits per heavy atom. The summed E-state index contributed by atoms with van der Waals surface area (Å²) in [5.74, 6) is 0. The van der Waals surface area contributed by atoms with E-state index in [0.717, 1.165) is 10.6 Å². The van der Waals surface area contributed by atoms with Crippen LogP contribution in [0.2, 0.25) is 0 Å². The second-order valence-electron chi connectivity index (χ2n) is 8.38. The van der Waals surface area contributed by atoms with Crippen LogP contribution in [0.25, 0.3) is 0 Å². The smallest absolute Gasteiger partial charge is 0.149 e. The van der Waals surface area contributed by atoms with E-state index in [1.165, 1.54) is 5.57 Å². The average molecular weight is 360 g/mol. The van der Waals surface area contributed by atoms with E-state index >= 15 is 0 Å². The van der Waals surface area contributed by atoms with Gasteiger partial charge in [0.25, 0.3) is 0 Å². The summed E-state index contributed by atoms with van der Waals surface area (Å²) in [5.41, 5.74) is 1.70. The molecule has 0 N–H and O–H groups in total. The van der Waals surface area contributed by atoms with E-state index in [4.69, 9.17) is 0 Å². The SMILES string of the molecule is C[C@@H](C1=CC=C/C1=[P+](/[O-])c1ccccc1)P(C(C)(C)C)C(C)(C)C. The lowest BCUT2D eigenvalue weighted by atomic mass is 10.2. The van der Waals surface area contributed by atoms with Gasteiger partial charge in [-0.05, 0) is 28.5 Å². The van der Waals surface area contributed by atoms with Gasteiger partial charge in [-0.1, -0.05) is 86.7 Å². The maximum Gasteiger partial charge on any atom is 0.149 e. The third kappa shape index (κ3) is 4.26. The van der Waals surface area contributed by atoms with Crippen LogP contribution in [0.1, 0.15) is 48.5 Å². The Hall–Kier alpha value is -0.740. The molecule has 24 heavy (non-hydrogen) atoms. The molecular weight excluding hydrogens is 330 g/mol. The Morgan fingerprint density at radius 3 is 2.00 bits per heavy atom. The highest BCUT2D eigenvalue weighted by Crippen LogP contribution is 2.64. The highest BCUT2D eigenvalue weighted by Gasteiger charge is 2.41. The largest absolute Gasteiger partial charge is 0.625 e. The predicted octanol–water partition coefficient (Wildman–Crippen LogP) is 5.21. The zero-order valence-corrected chi connectivity index (χ0v) is 17.8. The van der Waals surface area contributed by atoms with Gasteiger partial charge in [-0.15, -0.1) is 0 Å². The second-order valence-corrected chi connectivity index (χ2v) is 14.2. The lowest BCUT2D eigenvalue weighted by molar-refractivity contribution is -0.149. The summed E-state index contributed by atoms with van der Waals surface area (Å²) in [7, 11) is -1.82. The van der Waals surface area contributed by atoms with Crippen molar-refractivity contribution in [2.75, 3.05) is 0 Å². The van der Waals surface area contributed by atoms with Crippen molar-refractivity contribution in [3.63, 3.8) is 0 Å².